The Hall–Kier alpha value is -5.37. The first kappa shape index (κ1) is 35.1. The monoisotopic (exact) mass is 707 g/mol. The molecule has 52 heavy (non-hydrogen) atoms. The van der Waals surface area contributed by atoms with E-state index in [1.165, 1.54) is 11.2 Å². The number of rotatable bonds is 13. The molecule has 13 nitrogen and oxygen atoms in total. The number of piperidine rings is 1. The van der Waals surface area contributed by atoms with Crippen molar-refractivity contribution in [3.63, 3.8) is 0 Å². The maximum absolute atomic E-state index is 13.5. The van der Waals surface area contributed by atoms with Crippen LogP contribution >= 0.6 is 0 Å². The number of imidazole rings is 1. The third-order valence-electron chi connectivity index (χ3n) is 9.99. The number of fused-ring (bicyclic) bond motifs is 1. The summed E-state index contributed by atoms with van der Waals surface area (Å²) in [5, 5.41) is 20.0. The van der Waals surface area contributed by atoms with Crippen LogP contribution in [-0.2, 0) is 24.7 Å². The zero-order chi connectivity index (χ0) is 36.2. The molecule has 0 saturated carbocycles. The van der Waals surface area contributed by atoms with E-state index in [1.807, 2.05) is 71.3 Å². The van der Waals surface area contributed by atoms with Crippen LogP contribution in [0.15, 0.2) is 91.5 Å². The van der Waals surface area contributed by atoms with E-state index < -0.39 is 29.9 Å². The second-order valence-electron chi connectivity index (χ2n) is 13.0. The summed E-state index contributed by atoms with van der Waals surface area (Å²) in [5.74, 6) is -0.228. The van der Waals surface area contributed by atoms with Gasteiger partial charge < -0.3 is 29.2 Å². The number of hydrogen-bond donors (Lipinski definition) is 2. The molecule has 2 fully saturated rings. The summed E-state index contributed by atoms with van der Waals surface area (Å²) in [6.45, 7) is 0.266. The van der Waals surface area contributed by atoms with Gasteiger partial charge in [0.05, 0.1) is 33.3 Å². The third kappa shape index (κ3) is 6.70. The maximum atomic E-state index is 13.5. The first-order valence-electron chi connectivity index (χ1n) is 17.4. The number of aliphatic carboxylic acids is 1. The summed E-state index contributed by atoms with van der Waals surface area (Å²) < 4.78 is 26.4. The largest absolute Gasteiger partial charge is 0.497 e. The van der Waals surface area contributed by atoms with Gasteiger partial charge in [-0.25, -0.2) is 15.0 Å². The molecule has 0 aliphatic carbocycles. The van der Waals surface area contributed by atoms with Crippen LogP contribution in [0.1, 0.15) is 61.4 Å². The predicted octanol–water partition coefficient (Wildman–Crippen LogP) is 5.46. The van der Waals surface area contributed by atoms with Crippen molar-refractivity contribution in [2.45, 2.75) is 62.7 Å². The zero-order valence-electron chi connectivity index (χ0n) is 29.0. The molecule has 1 amide bonds. The smallest absolute Gasteiger partial charge is 0.303 e. The van der Waals surface area contributed by atoms with Crippen molar-refractivity contribution in [2.24, 2.45) is 5.92 Å². The van der Waals surface area contributed by atoms with Crippen molar-refractivity contribution in [3.8, 4) is 11.5 Å². The highest BCUT2D eigenvalue weighted by atomic mass is 16.6. The van der Waals surface area contributed by atoms with Gasteiger partial charge in [0.15, 0.2) is 17.0 Å². The van der Waals surface area contributed by atoms with Gasteiger partial charge in [-0.2, -0.15) is 0 Å². The lowest BCUT2D eigenvalue weighted by molar-refractivity contribution is -0.137. The topological polar surface area (TPSA) is 158 Å². The Bertz CT molecular complexity index is 1960. The molecule has 270 valence electrons. The molecule has 2 unspecified atom stereocenters. The quantitative estimate of drug-likeness (QED) is 0.150. The van der Waals surface area contributed by atoms with Crippen LogP contribution in [0.3, 0.4) is 0 Å². The van der Waals surface area contributed by atoms with Crippen molar-refractivity contribution < 1.29 is 38.7 Å². The minimum Gasteiger partial charge on any atom is -0.497 e. The molecular formula is C39H41N5O8. The Labute approximate surface area is 300 Å². The Morgan fingerprint density at radius 2 is 1.52 bits per heavy atom. The molecule has 0 spiro atoms. The van der Waals surface area contributed by atoms with Gasteiger partial charge in [0, 0.05) is 12.3 Å². The van der Waals surface area contributed by atoms with Crippen LogP contribution in [0.5, 0.6) is 11.5 Å². The van der Waals surface area contributed by atoms with Crippen molar-refractivity contribution in [1.29, 1.82) is 0 Å². The van der Waals surface area contributed by atoms with Crippen LogP contribution in [-0.4, -0.2) is 74.8 Å². The summed E-state index contributed by atoms with van der Waals surface area (Å²) in [4.78, 5) is 39.3. The van der Waals surface area contributed by atoms with E-state index in [2.05, 4.69) is 27.1 Å². The number of anilines is 1. The molecule has 2 saturated heterocycles. The molecule has 2 N–H and O–H groups in total. The molecule has 13 heteroatoms. The summed E-state index contributed by atoms with van der Waals surface area (Å²) in [6.07, 6.45) is 3.25. The minimum absolute atomic E-state index is 0.134. The number of carbonyl (C=O) groups is 2. The van der Waals surface area contributed by atoms with Gasteiger partial charge >= 0.3 is 5.97 Å². The van der Waals surface area contributed by atoms with Gasteiger partial charge in [-0.05, 0) is 73.1 Å². The third-order valence-corrected chi connectivity index (χ3v) is 9.99. The summed E-state index contributed by atoms with van der Waals surface area (Å²) in [7, 11) is 3.28. The molecule has 4 heterocycles. The first-order valence-corrected chi connectivity index (χ1v) is 17.4. The van der Waals surface area contributed by atoms with E-state index in [0.717, 1.165) is 28.2 Å². The van der Waals surface area contributed by atoms with Gasteiger partial charge in [-0.15, -0.1) is 0 Å². The van der Waals surface area contributed by atoms with Gasteiger partial charge in [-0.1, -0.05) is 54.6 Å². The molecule has 2 aromatic heterocycles. The number of benzene rings is 3. The number of aromatic nitrogens is 4. The molecule has 0 bridgehead atoms. The lowest BCUT2D eigenvalue weighted by Crippen LogP contribution is -2.48. The lowest BCUT2D eigenvalue weighted by Gasteiger charge is -2.37. The van der Waals surface area contributed by atoms with Crippen molar-refractivity contribution >= 4 is 28.9 Å². The van der Waals surface area contributed by atoms with E-state index in [0.29, 0.717) is 36.8 Å². The van der Waals surface area contributed by atoms with Crippen molar-refractivity contribution in [3.05, 3.63) is 108 Å². The maximum Gasteiger partial charge on any atom is 0.303 e. The zero-order valence-corrected chi connectivity index (χ0v) is 29.0. The van der Waals surface area contributed by atoms with Crippen molar-refractivity contribution in [1.82, 2.24) is 19.5 Å². The molecule has 4 atom stereocenters. The second-order valence-corrected chi connectivity index (χ2v) is 13.0. The van der Waals surface area contributed by atoms with Gasteiger partial charge in [-0.3, -0.25) is 19.1 Å². The Balaban J connectivity index is 1.15. The van der Waals surface area contributed by atoms with Crippen LogP contribution in [0, 0.1) is 5.92 Å². The fraction of sp³-hybridized carbons (Fsp3) is 0.359. The number of aliphatic hydroxyl groups is 1. The Kier molecular flexibility index (Phi) is 10.2. The van der Waals surface area contributed by atoms with Crippen LogP contribution in [0.4, 0.5) is 5.82 Å². The lowest BCUT2D eigenvalue weighted by atomic mass is 9.80. The van der Waals surface area contributed by atoms with E-state index in [-0.39, 0.29) is 37.3 Å². The van der Waals surface area contributed by atoms with Crippen molar-refractivity contribution in [2.75, 3.05) is 25.7 Å². The summed E-state index contributed by atoms with van der Waals surface area (Å²) in [5.41, 5.74) is 2.60. The summed E-state index contributed by atoms with van der Waals surface area (Å²) in [6, 6.07) is 25.8. The molecular weight excluding hydrogens is 666 g/mol. The number of carboxylic acids is 1. The van der Waals surface area contributed by atoms with Gasteiger partial charge in [0.1, 0.15) is 35.9 Å². The first-order chi connectivity index (χ1) is 25.3. The molecule has 0 radical (unpaired) electrons. The van der Waals surface area contributed by atoms with E-state index >= 15 is 0 Å². The minimum atomic E-state index is -1.11. The van der Waals surface area contributed by atoms with Crippen LogP contribution < -0.4 is 14.4 Å². The number of carbonyl (C=O) groups excluding carboxylic acids is 1. The molecule has 3 aromatic carbocycles. The van der Waals surface area contributed by atoms with E-state index in [1.54, 1.807) is 20.5 Å². The Morgan fingerprint density at radius 3 is 2.15 bits per heavy atom. The van der Waals surface area contributed by atoms with Gasteiger partial charge in [0.2, 0.25) is 5.91 Å². The second kappa shape index (κ2) is 15.1. The highest BCUT2D eigenvalue weighted by Crippen LogP contribution is 2.43. The highest BCUT2D eigenvalue weighted by Gasteiger charge is 2.41. The number of hydrogen-bond acceptors (Lipinski definition) is 10. The molecule has 2 aliphatic heterocycles. The van der Waals surface area contributed by atoms with Crippen LogP contribution in [0.2, 0.25) is 0 Å². The highest BCUT2D eigenvalue weighted by molar-refractivity contribution is 6.01. The average Bonchev–Trinajstić information content (AvgIpc) is 3.83. The number of amides is 1. The SMILES string of the molecule is COc1ccc(C(OC[C@@H]2CC[C@H](n3cnc4c(N5C(=O)C(CCC(=O)O)CCC5O)ncnc43)O2)(c2ccccc2)c2ccc(OC)cc2)cc1. The predicted molar refractivity (Wildman–Crippen MR) is 190 cm³/mol. The fourth-order valence-electron chi connectivity index (χ4n) is 7.29. The number of ether oxygens (including phenoxy) is 4. The molecule has 2 aliphatic rings. The normalized spacial score (nSPS) is 20.7. The number of methoxy groups -OCH3 is 2. The van der Waals surface area contributed by atoms with Crippen LogP contribution in [0.25, 0.3) is 11.2 Å². The number of aliphatic hydroxyl groups excluding tert-OH is 1. The standard InChI is InChI=1S/C39H41N5O8/c1-49-29-14-10-27(11-15-29)39(26-6-4-3-5-7-26,28-12-16-30(50-2)17-13-28)51-22-31-18-20-33(52-31)43-24-42-35-36(43)40-23-41-37(35)44-32(45)19-8-25(38(44)48)9-21-34(46)47/h3-7,10-17,23-25,31-33,45H,8-9,18-22H2,1-2H3,(H,46,47)/t25?,31-,32?,33+/m0/s1. The fourth-order valence-corrected chi connectivity index (χ4v) is 7.29. The Morgan fingerprint density at radius 1 is 0.865 bits per heavy atom. The average molecular weight is 708 g/mol. The molecule has 7 rings (SSSR count). The number of nitrogens with zero attached hydrogens (tertiary/aromatic N) is 5. The van der Waals surface area contributed by atoms with E-state index in [9.17, 15) is 14.7 Å². The van der Waals surface area contributed by atoms with E-state index in [4.69, 9.17) is 24.1 Å². The number of carboxylic acid groups (broad SMARTS) is 1. The molecule has 5 aromatic rings. The summed E-state index contributed by atoms with van der Waals surface area (Å²) >= 11 is 0. The van der Waals surface area contributed by atoms with Gasteiger partial charge in [0.25, 0.3) is 0 Å².